The number of rotatable bonds is 6. The molecule has 1 aliphatic rings. The van der Waals surface area contributed by atoms with Crippen LogP contribution in [0.15, 0.2) is 65.6 Å². The van der Waals surface area contributed by atoms with E-state index in [0.717, 1.165) is 11.1 Å². The van der Waals surface area contributed by atoms with Crippen LogP contribution in [0.3, 0.4) is 0 Å². The molecule has 0 saturated heterocycles. The number of amides is 1. The van der Waals surface area contributed by atoms with Crippen molar-refractivity contribution in [2.75, 3.05) is 19.0 Å². The van der Waals surface area contributed by atoms with Gasteiger partial charge in [0, 0.05) is 36.0 Å². The van der Waals surface area contributed by atoms with Gasteiger partial charge in [0.1, 0.15) is 5.75 Å². The molecule has 3 aromatic rings. The summed E-state index contributed by atoms with van der Waals surface area (Å²) >= 11 is 0. The standard InChI is InChI=1S/C24H23N3O6S/c1-16-22(4-3-5-23(16)27(29)30)24(28)25-19-7-6-17-12-13-26(15-18(17)14-19)34(31,32)21-10-8-20(33-2)9-11-21/h3-11,14H,12-13,15H2,1-2H3,(H,25,28). The van der Waals surface area contributed by atoms with Crippen molar-refractivity contribution < 1.29 is 22.9 Å². The van der Waals surface area contributed by atoms with Gasteiger partial charge in [0.05, 0.1) is 16.9 Å². The van der Waals surface area contributed by atoms with Crippen molar-refractivity contribution in [1.29, 1.82) is 0 Å². The maximum atomic E-state index is 13.1. The highest BCUT2D eigenvalue weighted by Gasteiger charge is 2.28. The normalized spacial score (nSPS) is 13.7. The molecule has 0 aliphatic carbocycles. The van der Waals surface area contributed by atoms with E-state index in [1.807, 2.05) is 6.07 Å². The van der Waals surface area contributed by atoms with Gasteiger partial charge in [-0.2, -0.15) is 4.31 Å². The number of ether oxygens (including phenoxy) is 1. The van der Waals surface area contributed by atoms with Crippen LogP contribution in [0.4, 0.5) is 11.4 Å². The van der Waals surface area contributed by atoms with Crippen molar-refractivity contribution in [2.45, 2.75) is 24.8 Å². The Kier molecular flexibility index (Phi) is 6.36. The first-order valence-electron chi connectivity index (χ1n) is 10.5. The quantitative estimate of drug-likeness (QED) is 0.421. The SMILES string of the molecule is COc1ccc(S(=O)(=O)N2CCc3ccc(NC(=O)c4cccc([N+](=O)[O-])c4C)cc3C2)cc1. The maximum Gasteiger partial charge on any atom is 0.273 e. The summed E-state index contributed by atoms with van der Waals surface area (Å²) in [5.74, 6) is 0.0991. The first-order chi connectivity index (χ1) is 16.2. The molecule has 1 heterocycles. The molecule has 0 radical (unpaired) electrons. The number of benzene rings is 3. The molecule has 34 heavy (non-hydrogen) atoms. The molecule has 0 atom stereocenters. The number of hydrogen-bond donors (Lipinski definition) is 1. The van der Waals surface area contributed by atoms with Gasteiger partial charge in [-0.25, -0.2) is 8.42 Å². The number of nitrogens with one attached hydrogen (secondary N) is 1. The highest BCUT2D eigenvalue weighted by molar-refractivity contribution is 7.89. The van der Waals surface area contributed by atoms with E-state index < -0.39 is 20.9 Å². The predicted octanol–water partition coefficient (Wildman–Crippen LogP) is 3.91. The van der Waals surface area contributed by atoms with Crippen molar-refractivity contribution in [3.05, 3.63) is 93.0 Å². The maximum absolute atomic E-state index is 13.1. The molecule has 1 N–H and O–H groups in total. The number of carbonyl (C=O) groups excluding carboxylic acids is 1. The number of methoxy groups -OCH3 is 1. The number of fused-ring (bicyclic) bond motifs is 1. The van der Waals surface area contributed by atoms with Crippen LogP contribution in [0.5, 0.6) is 5.75 Å². The summed E-state index contributed by atoms with van der Waals surface area (Å²) < 4.78 is 32.8. The fraction of sp³-hybridized carbons (Fsp3) is 0.208. The average molecular weight is 482 g/mol. The fourth-order valence-electron chi connectivity index (χ4n) is 3.98. The lowest BCUT2D eigenvalue weighted by molar-refractivity contribution is -0.385. The van der Waals surface area contributed by atoms with Gasteiger partial charge in [-0.3, -0.25) is 14.9 Å². The highest BCUT2D eigenvalue weighted by atomic mass is 32.2. The van der Waals surface area contributed by atoms with E-state index in [-0.39, 0.29) is 28.3 Å². The summed E-state index contributed by atoms with van der Waals surface area (Å²) in [6.45, 7) is 2.05. The summed E-state index contributed by atoms with van der Waals surface area (Å²) in [6, 6.07) is 15.9. The molecular weight excluding hydrogens is 458 g/mol. The lowest BCUT2D eigenvalue weighted by atomic mass is 10.00. The monoisotopic (exact) mass is 481 g/mol. The smallest absolute Gasteiger partial charge is 0.273 e. The van der Waals surface area contributed by atoms with Crippen LogP contribution in [-0.2, 0) is 23.0 Å². The Balaban J connectivity index is 1.55. The molecule has 0 fully saturated rings. The second kappa shape index (κ2) is 9.24. The van der Waals surface area contributed by atoms with Crippen LogP contribution < -0.4 is 10.1 Å². The highest BCUT2D eigenvalue weighted by Crippen LogP contribution is 2.28. The first-order valence-corrected chi connectivity index (χ1v) is 12.0. The third-order valence-electron chi connectivity index (χ3n) is 5.89. The molecule has 0 bridgehead atoms. The zero-order valence-corrected chi connectivity index (χ0v) is 19.5. The van der Waals surface area contributed by atoms with E-state index in [0.29, 0.717) is 24.4 Å². The summed E-state index contributed by atoms with van der Waals surface area (Å²) in [7, 11) is -2.18. The average Bonchev–Trinajstić information content (AvgIpc) is 2.83. The minimum atomic E-state index is -3.70. The van der Waals surface area contributed by atoms with Gasteiger partial charge in [0.15, 0.2) is 0 Å². The summed E-state index contributed by atoms with van der Waals surface area (Å²) in [5, 5.41) is 13.9. The van der Waals surface area contributed by atoms with Gasteiger partial charge in [0.25, 0.3) is 11.6 Å². The lowest BCUT2D eigenvalue weighted by Gasteiger charge is -2.28. The second-order valence-corrected chi connectivity index (χ2v) is 9.85. The van der Waals surface area contributed by atoms with Crippen molar-refractivity contribution in [1.82, 2.24) is 4.31 Å². The first kappa shape index (κ1) is 23.4. The van der Waals surface area contributed by atoms with Gasteiger partial charge in [-0.05, 0) is 66.9 Å². The molecule has 1 amide bonds. The van der Waals surface area contributed by atoms with E-state index in [1.54, 1.807) is 24.3 Å². The van der Waals surface area contributed by atoms with Crippen molar-refractivity contribution >= 4 is 27.3 Å². The zero-order valence-electron chi connectivity index (χ0n) is 18.6. The number of anilines is 1. The third kappa shape index (κ3) is 4.50. The number of hydrogen-bond acceptors (Lipinski definition) is 6. The molecule has 4 rings (SSSR count). The van der Waals surface area contributed by atoms with Crippen molar-refractivity contribution in [2.24, 2.45) is 0 Å². The van der Waals surface area contributed by atoms with Gasteiger partial charge < -0.3 is 10.1 Å². The summed E-state index contributed by atoms with van der Waals surface area (Å²) in [6.07, 6.45) is 0.545. The van der Waals surface area contributed by atoms with Gasteiger partial charge in [-0.1, -0.05) is 12.1 Å². The minimum absolute atomic E-state index is 0.127. The Hall–Kier alpha value is -3.76. The fourth-order valence-corrected chi connectivity index (χ4v) is 5.40. The number of sulfonamides is 1. The number of nitro benzene ring substituents is 1. The third-order valence-corrected chi connectivity index (χ3v) is 7.74. The molecule has 0 spiro atoms. The van der Waals surface area contributed by atoms with E-state index in [1.165, 1.54) is 48.7 Å². The van der Waals surface area contributed by atoms with Gasteiger partial charge >= 0.3 is 0 Å². The van der Waals surface area contributed by atoms with Crippen LogP contribution >= 0.6 is 0 Å². The van der Waals surface area contributed by atoms with Crippen molar-refractivity contribution in [3.8, 4) is 5.75 Å². The minimum Gasteiger partial charge on any atom is -0.497 e. The topological polar surface area (TPSA) is 119 Å². The summed E-state index contributed by atoms with van der Waals surface area (Å²) in [4.78, 5) is 23.6. The Morgan fingerprint density at radius 2 is 1.82 bits per heavy atom. The number of nitrogens with zero attached hydrogens (tertiary/aromatic N) is 2. The second-order valence-electron chi connectivity index (χ2n) is 7.91. The molecule has 10 heteroatoms. The van der Waals surface area contributed by atoms with Crippen molar-refractivity contribution in [3.63, 3.8) is 0 Å². The molecular formula is C24H23N3O6S. The lowest BCUT2D eigenvalue weighted by Crippen LogP contribution is -2.36. The Labute approximate surface area is 197 Å². The number of nitro groups is 1. The van der Waals surface area contributed by atoms with Gasteiger partial charge in [0.2, 0.25) is 10.0 Å². The van der Waals surface area contributed by atoms with Crippen LogP contribution in [0.1, 0.15) is 27.0 Å². The Bertz CT molecular complexity index is 1370. The number of carbonyl (C=O) groups is 1. The molecule has 3 aromatic carbocycles. The van der Waals surface area contributed by atoms with E-state index in [2.05, 4.69) is 5.32 Å². The summed E-state index contributed by atoms with van der Waals surface area (Å²) in [5.41, 5.74) is 2.63. The molecule has 176 valence electrons. The largest absolute Gasteiger partial charge is 0.497 e. The molecule has 0 aromatic heterocycles. The van der Waals surface area contributed by atoms with Crippen LogP contribution in [0, 0.1) is 17.0 Å². The molecule has 9 nitrogen and oxygen atoms in total. The predicted molar refractivity (Wildman–Crippen MR) is 127 cm³/mol. The van der Waals surface area contributed by atoms with Crippen LogP contribution in [-0.4, -0.2) is 37.2 Å². The van der Waals surface area contributed by atoms with Gasteiger partial charge in [-0.15, -0.1) is 0 Å². The van der Waals surface area contributed by atoms with E-state index in [9.17, 15) is 23.3 Å². The molecule has 0 saturated carbocycles. The zero-order chi connectivity index (χ0) is 24.5. The van der Waals surface area contributed by atoms with Crippen LogP contribution in [0.25, 0.3) is 0 Å². The Morgan fingerprint density at radius 3 is 2.50 bits per heavy atom. The molecule has 0 unspecified atom stereocenters. The Morgan fingerprint density at radius 1 is 1.09 bits per heavy atom. The van der Waals surface area contributed by atoms with Crippen LogP contribution in [0.2, 0.25) is 0 Å². The van der Waals surface area contributed by atoms with E-state index in [4.69, 9.17) is 4.74 Å². The molecule has 1 aliphatic heterocycles. The van der Waals surface area contributed by atoms with E-state index >= 15 is 0 Å².